The number of hydrogen-bond donors (Lipinski definition) is 3. The van der Waals surface area contributed by atoms with Crippen molar-refractivity contribution in [3.8, 4) is 0 Å². The summed E-state index contributed by atoms with van der Waals surface area (Å²) in [5, 5.41) is 9.81. The van der Waals surface area contributed by atoms with Crippen molar-refractivity contribution in [3.63, 3.8) is 0 Å². The highest BCUT2D eigenvalue weighted by Crippen LogP contribution is 2.28. The lowest BCUT2D eigenvalue weighted by atomic mass is 9.80. The van der Waals surface area contributed by atoms with Gasteiger partial charge in [0.1, 0.15) is 0 Å². The average molecular weight is 360 g/mol. The molecule has 0 unspecified atom stereocenters. The lowest BCUT2D eigenvalue weighted by Gasteiger charge is -2.46. The predicted octanol–water partition coefficient (Wildman–Crippen LogP) is 2.91. The molecule has 26 heavy (non-hydrogen) atoms. The number of carbonyl (C=O) groups is 1. The highest BCUT2D eigenvalue weighted by Gasteiger charge is 2.38. The van der Waals surface area contributed by atoms with E-state index in [0.717, 1.165) is 32.3 Å². The zero-order valence-corrected chi connectivity index (χ0v) is 16.6. The third kappa shape index (κ3) is 5.21. The molecule has 5 nitrogen and oxygen atoms in total. The van der Waals surface area contributed by atoms with Gasteiger partial charge in [-0.2, -0.15) is 0 Å². The Labute approximate surface area is 157 Å². The molecule has 2 aliphatic rings. The van der Waals surface area contributed by atoms with Crippen LogP contribution in [0, 0.1) is 0 Å². The van der Waals surface area contributed by atoms with E-state index < -0.39 is 0 Å². The van der Waals surface area contributed by atoms with Gasteiger partial charge in [0.2, 0.25) is 0 Å². The van der Waals surface area contributed by atoms with Crippen LogP contribution in [0.15, 0.2) is 18.2 Å². The number of urea groups is 1. The number of ether oxygens (including phenoxy) is 1. The monoisotopic (exact) mass is 359 g/mol. The first-order valence-electron chi connectivity index (χ1n) is 9.75. The van der Waals surface area contributed by atoms with E-state index in [9.17, 15) is 4.79 Å². The Bertz CT molecular complexity index is 639. The summed E-state index contributed by atoms with van der Waals surface area (Å²) in [6.07, 6.45) is 3.71. The number of amides is 2. The number of benzene rings is 1. The maximum Gasteiger partial charge on any atom is 0.315 e. The molecular weight excluding hydrogens is 326 g/mol. The second kappa shape index (κ2) is 7.57. The molecule has 0 aromatic heterocycles. The van der Waals surface area contributed by atoms with E-state index in [1.165, 1.54) is 16.7 Å². The summed E-state index contributed by atoms with van der Waals surface area (Å²) >= 11 is 0. The SMILES string of the molecule is CC1(C)CC(NC(=O)NCCc2ccc3c(c2)COCC3)CC(C)(C)N1. The molecule has 0 atom stereocenters. The van der Waals surface area contributed by atoms with Crippen LogP contribution in [0.4, 0.5) is 4.79 Å². The fraction of sp³-hybridized carbons (Fsp3) is 0.667. The highest BCUT2D eigenvalue weighted by atomic mass is 16.5. The summed E-state index contributed by atoms with van der Waals surface area (Å²) in [5.41, 5.74) is 3.99. The van der Waals surface area contributed by atoms with Crippen molar-refractivity contribution in [2.24, 2.45) is 0 Å². The Hall–Kier alpha value is -1.59. The van der Waals surface area contributed by atoms with Gasteiger partial charge in [-0.1, -0.05) is 18.2 Å². The Morgan fingerprint density at radius 1 is 1.19 bits per heavy atom. The third-order valence-corrected chi connectivity index (χ3v) is 5.27. The molecule has 1 aromatic rings. The number of piperidine rings is 1. The maximum absolute atomic E-state index is 12.3. The van der Waals surface area contributed by atoms with Gasteiger partial charge in [0.05, 0.1) is 13.2 Å². The average Bonchev–Trinajstić information content (AvgIpc) is 2.51. The van der Waals surface area contributed by atoms with Crippen molar-refractivity contribution in [1.82, 2.24) is 16.0 Å². The fourth-order valence-electron chi connectivity index (χ4n) is 4.56. The van der Waals surface area contributed by atoms with E-state index >= 15 is 0 Å². The zero-order valence-electron chi connectivity index (χ0n) is 16.6. The van der Waals surface area contributed by atoms with Gasteiger partial charge < -0.3 is 20.7 Å². The molecule has 144 valence electrons. The van der Waals surface area contributed by atoms with Crippen LogP contribution >= 0.6 is 0 Å². The predicted molar refractivity (Wildman–Crippen MR) is 104 cm³/mol. The van der Waals surface area contributed by atoms with E-state index in [-0.39, 0.29) is 23.2 Å². The lowest BCUT2D eigenvalue weighted by molar-refractivity contribution is 0.110. The van der Waals surface area contributed by atoms with Crippen molar-refractivity contribution < 1.29 is 9.53 Å². The molecule has 0 aliphatic carbocycles. The van der Waals surface area contributed by atoms with Crippen LogP contribution in [0.3, 0.4) is 0 Å². The van der Waals surface area contributed by atoms with Gasteiger partial charge >= 0.3 is 6.03 Å². The van der Waals surface area contributed by atoms with E-state index in [4.69, 9.17) is 4.74 Å². The molecule has 2 heterocycles. The van der Waals surface area contributed by atoms with Crippen molar-refractivity contribution in [2.45, 2.75) is 77.1 Å². The van der Waals surface area contributed by atoms with Gasteiger partial charge in [0, 0.05) is 23.7 Å². The number of hydrogen-bond acceptors (Lipinski definition) is 3. The number of rotatable bonds is 4. The van der Waals surface area contributed by atoms with Crippen LogP contribution in [0.5, 0.6) is 0 Å². The van der Waals surface area contributed by atoms with Crippen molar-refractivity contribution >= 4 is 6.03 Å². The summed E-state index contributed by atoms with van der Waals surface area (Å²) in [4.78, 5) is 12.3. The van der Waals surface area contributed by atoms with Gasteiger partial charge in [-0.3, -0.25) is 0 Å². The first-order valence-corrected chi connectivity index (χ1v) is 9.75. The van der Waals surface area contributed by atoms with Crippen LogP contribution in [-0.4, -0.2) is 36.3 Å². The quantitative estimate of drug-likeness (QED) is 0.775. The number of carbonyl (C=O) groups excluding carboxylic acids is 1. The lowest BCUT2D eigenvalue weighted by Crippen LogP contribution is -2.62. The number of nitrogens with one attached hydrogen (secondary N) is 3. The second-order valence-electron chi connectivity index (χ2n) is 9.05. The molecular formula is C21H33N3O2. The molecule has 1 saturated heterocycles. The fourth-order valence-corrected chi connectivity index (χ4v) is 4.56. The summed E-state index contributed by atoms with van der Waals surface area (Å²) in [5.74, 6) is 0. The van der Waals surface area contributed by atoms with Crippen LogP contribution in [0.25, 0.3) is 0 Å². The Morgan fingerprint density at radius 2 is 1.92 bits per heavy atom. The Morgan fingerprint density at radius 3 is 2.65 bits per heavy atom. The normalized spacial score (nSPS) is 21.7. The summed E-state index contributed by atoms with van der Waals surface area (Å²) in [6.45, 7) is 10.9. The molecule has 1 aromatic carbocycles. The van der Waals surface area contributed by atoms with Crippen LogP contribution < -0.4 is 16.0 Å². The van der Waals surface area contributed by atoms with Gasteiger partial charge in [-0.15, -0.1) is 0 Å². The summed E-state index contributed by atoms with van der Waals surface area (Å²) < 4.78 is 5.53. The molecule has 0 radical (unpaired) electrons. The van der Waals surface area contributed by atoms with Crippen molar-refractivity contribution in [1.29, 1.82) is 0 Å². The largest absolute Gasteiger partial charge is 0.376 e. The first kappa shape index (κ1) is 19.2. The molecule has 2 amide bonds. The van der Waals surface area contributed by atoms with E-state index in [2.05, 4.69) is 61.8 Å². The third-order valence-electron chi connectivity index (χ3n) is 5.27. The topological polar surface area (TPSA) is 62.4 Å². The zero-order chi connectivity index (χ0) is 18.8. The maximum atomic E-state index is 12.3. The Kier molecular flexibility index (Phi) is 5.58. The minimum absolute atomic E-state index is 0.0326. The molecule has 3 rings (SSSR count). The van der Waals surface area contributed by atoms with Gasteiger partial charge in [-0.25, -0.2) is 4.79 Å². The molecule has 5 heteroatoms. The number of fused-ring (bicyclic) bond motifs is 1. The molecule has 3 N–H and O–H groups in total. The summed E-state index contributed by atoms with van der Waals surface area (Å²) in [7, 11) is 0. The van der Waals surface area contributed by atoms with Crippen molar-refractivity contribution in [2.75, 3.05) is 13.2 Å². The van der Waals surface area contributed by atoms with Gasteiger partial charge in [0.15, 0.2) is 0 Å². The summed E-state index contributed by atoms with van der Waals surface area (Å²) in [6, 6.07) is 6.71. The van der Waals surface area contributed by atoms with Crippen LogP contribution in [0.1, 0.15) is 57.2 Å². The minimum atomic E-state index is -0.0650. The van der Waals surface area contributed by atoms with E-state index in [1.54, 1.807) is 0 Å². The van der Waals surface area contributed by atoms with E-state index in [0.29, 0.717) is 13.2 Å². The van der Waals surface area contributed by atoms with Crippen molar-refractivity contribution in [3.05, 3.63) is 34.9 Å². The standard InChI is InChI=1S/C21H33N3O2/c1-20(2)12-18(13-21(3,4)24-20)23-19(25)22-9-7-15-5-6-16-8-10-26-14-17(16)11-15/h5-6,11,18,24H,7-10,12-14H2,1-4H3,(H2,22,23,25). The van der Waals surface area contributed by atoms with Crippen LogP contribution in [0.2, 0.25) is 0 Å². The molecule has 0 saturated carbocycles. The smallest absolute Gasteiger partial charge is 0.315 e. The molecule has 0 spiro atoms. The van der Waals surface area contributed by atoms with Crippen LogP contribution in [-0.2, 0) is 24.2 Å². The minimum Gasteiger partial charge on any atom is -0.376 e. The molecule has 2 aliphatic heterocycles. The highest BCUT2D eigenvalue weighted by molar-refractivity contribution is 5.74. The van der Waals surface area contributed by atoms with E-state index in [1.807, 2.05) is 0 Å². The molecule has 0 bridgehead atoms. The first-order chi connectivity index (χ1) is 12.2. The molecule has 1 fully saturated rings. The Balaban J connectivity index is 1.46. The second-order valence-corrected chi connectivity index (χ2v) is 9.05. The van der Waals surface area contributed by atoms with Gasteiger partial charge in [0.25, 0.3) is 0 Å². The van der Waals surface area contributed by atoms with Gasteiger partial charge in [-0.05, 0) is 70.1 Å².